The molecular weight excluding hydrogens is 1470 g/mol. The highest BCUT2D eigenvalue weighted by Crippen LogP contribution is 2.42. The van der Waals surface area contributed by atoms with Crippen LogP contribution in [-0.4, -0.2) is 93.4 Å². The van der Waals surface area contributed by atoms with Crippen molar-refractivity contribution in [3.05, 3.63) is 297 Å². The van der Waals surface area contributed by atoms with Crippen molar-refractivity contribution in [1.82, 2.24) is 0 Å². The molecule has 6 radical (unpaired) electrons. The Hall–Kier alpha value is -12.1. The van der Waals surface area contributed by atoms with Crippen molar-refractivity contribution < 1.29 is 85.8 Å². The van der Waals surface area contributed by atoms with Gasteiger partial charge in [-0.05, 0) is 133 Å². The molecule has 0 atom stereocenters. The fraction of sp³-hybridized carbons (Fsp3) is 0. The molecule has 14 aromatic carbocycles. The van der Waals surface area contributed by atoms with E-state index in [-0.39, 0.29) is 0 Å². The first-order valence-electron chi connectivity index (χ1n) is 34.6. The zero-order chi connectivity index (χ0) is 76.9. The minimum atomic E-state index is -1.51. The average molecular weight is 1530 g/mol. The summed E-state index contributed by atoms with van der Waals surface area (Å²) in [7, 11) is 2.62. The highest BCUT2D eigenvalue weighted by molar-refractivity contribution is 7.26. The van der Waals surface area contributed by atoms with Crippen LogP contribution in [0.3, 0.4) is 0 Å². The van der Waals surface area contributed by atoms with E-state index in [1.54, 1.807) is 70.4 Å². The fourth-order valence-corrected chi connectivity index (χ4v) is 16.5. The number of hydrogen-bond donors (Lipinski definition) is 8. The molecule has 0 amide bonds. The second-order valence-corrected chi connectivity index (χ2v) is 27.8. The molecule has 0 unspecified atom stereocenters. The third-order valence-corrected chi connectivity index (χ3v) is 21.4. The summed E-state index contributed by atoms with van der Waals surface area (Å²) in [6.07, 6.45) is 0. The second kappa shape index (κ2) is 35.3. The van der Waals surface area contributed by atoms with Gasteiger partial charge in [-0.15, -0.1) is 34.0 Å². The van der Waals surface area contributed by atoms with E-state index in [4.69, 9.17) is 75.7 Å². The van der Waals surface area contributed by atoms with Crippen molar-refractivity contribution in [3.63, 3.8) is 0 Å². The number of furan rings is 4. The Morgan fingerprint density at radius 3 is 1.21 bits per heavy atom. The number of rotatable bonds is 13. The van der Waals surface area contributed by atoms with Crippen molar-refractivity contribution in [2.75, 3.05) is 0 Å². The predicted octanol–water partition coefficient (Wildman–Crippen LogP) is 17.6. The van der Waals surface area contributed by atoms with E-state index in [1.807, 2.05) is 218 Å². The van der Waals surface area contributed by atoms with Gasteiger partial charge >= 0.3 is 53.2 Å². The summed E-state index contributed by atoms with van der Waals surface area (Å²) >= 11 is 5.21. The lowest BCUT2D eigenvalue weighted by molar-refractivity contribution is 0.425. The molecule has 0 fully saturated rings. The van der Waals surface area contributed by atoms with Gasteiger partial charge in [0.2, 0.25) is 0 Å². The third-order valence-electron chi connectivity index (χ3n) is 18.0. The van der Waals surface area contributed by atoms with E-state index in [1.165, 1.54) is 55.1 Å². The Balaban J connectivity index is 0.000000103. The van der Waals surface area contributed by atoms with Crippen molar-refractivity contribution in [1.29, 1.82) is 0 Å². The minimum absolute atomic E-state index is 0.397. The van der Waals surface area contributed by atoms with Crippen molar-refractivity contribution in [2.24, 2.45) is 0 Å². The maximum atomic E-state index is 9.24. The van der Waals surface area contributed by atoms with E-state index in [0.717, 1.165) is 95.2 Å². The van der Waals surface area contributed by atoms with E-state index in [0.29, 0.717) is 84.0 Å². The van der Waals surface area contributed by atoms with Crippen LogP contribution in [0.1, 0.15) is 0 Å². The second-order valence-electron chi connectivity index (χ2n) is 24.5. The molecule has 7 aromatic heterocycles. The summed E-state index contributed by atoms with van der Waals surface area (Å²) in [4.78, 5) is 0. The molecule has 540 valence electrons. The van der Waals surface area contributed by atoms with Crippen LogP contribution in [0.5, 0.6) is 34.5 Å². The van der Waals surface area contributed by atoms with E-state index >= 15 is 0 Å². The van der Waals surface area contributed by atoms with Gasteiger partial charge in [-0.25, -0.2) is 0 Å². The monoisotopic (exact) mass is 1530 g/mol. The molecule has 0 aliphatic rings. The van der Waals surface area contributed by atoms with Gasteiger partial charge < -0.3 is 85.8 Å². The fourth-order valence-electron chi connectivity index (χ4n) is 13.1. The van der Waals surface area contributed by atoms with Gasteiger partial charge in [-0.1, -0.05) is 158 Å². The van der Waals surface area contributed by atoms with E-state index in [9.17, 15) is 10.0 Å². The maximum Gasteiger partial charge on any atom is 0.569 e. The number of benzene rings is 14. The lowest BCUT2D eigenvalue weighted by atomic mass is 9.79. The highest BCUT2D eigenvalue weighted by atomic mass is 32.1. The van der Waals surface area contributed by atoms with Gasteiger partial charge in [-0.3, -0.25) is 0 Å². The first-order chi connectivity index (χ1) is 55.1. The number of fused-ring (bicyclic) bond motifs is 21. The zero-order valence-electron chi connectivity index (χ0n) is 58.7. The average Bonchev–Trinajstić information content (AvgIpc) is 1.57. The van der Waals surface area contributed by atoms with Crippen LogP contribution in [0.15, 0.2) is 315 Å². The topological polar surface area (TPSA) is 270 Å². The zero-order valence-corrected chi connectivity index (χ0v) is 61.2. The molecule has 21 aromatic rings. The predicted molar refractivity (Wildman–Crippen MR) is 454 cm³/mol. The van der Waals surface area contributed by atoms with Crippen molar-refractivity contribution in [2.45, 2.75) is 0 Å². The summed E-state index contributed by atoms with van der Waals surface area (Å²) < 4.78 is 59.8. The van der Waals surface area contributed by atoms with Crippen molar-refractivity contribution >= 4 is 241 Å². The highest BCUT2D eigenvalue weighted by Gasteiger charge is 2.20. The molecular formula is C84H57B7O18S3. The molecule has 0 saturated heterocycles. The summed E-state index contributed by atoms with van der Waals surface area (Å²) in [6, 6.07) is 95.0. The van der Waals surface area contributed by atoms with Gasteiger partial charge in [0.15, 0.2) is 0 Å². The van der Waals surface area contributed by atoms with Gasteiger partial charge in [0.1, 0.15) is 79.2 Å². The minimum Gasteiger partial charge on any atom is -0.537 e. The third kappa shape index (κ3) is 16.4. The van der Waals surface area contributed by atoms with Crippen LogP contribution in [0, 0.1) is 0 Å². The Morgan fingerprint density at radius 1 is 0.232 bits per heavy atom. The van der Waals surface area contributed by atoms with Crippen LogP contribution in [0.2, 0.25) is 0 Å². The van der Waals surface area contributed by atoms with Gasteiger partial charge in [-0.2, -0.15) is 0 Å². The molecule has 0 saturated carbocycles. The number of thiophene rings is 3. The molecule has 8 N–H and O–H groups in total. The Labute approximate surface area is 654 Å². The quantitative estimate of drug-likeness (QED) is 0.0499. The van der Waals surface area contributed by atoms with Gasteiger partial charge in [0, 0.05) is 110 Å². The summed E-state index contributed by atoms with van der Waals surface area (Å²) in [6.45, 7) is 0. The van der Waals surface area contributed by atoms with Crippen LogP contribution < -0.4 is 33.4 Å². The standard InChI is InChI=1S/C12H9BO3.3C12H8BO3.3C12H8BO2S/c14-13(15)10-6-3-5-9-8-4-1-2-7-11(8)16-12(9)10;14-13-16-11-7-3-6-10-12(11)8-4-1-2-5-9(8)15-10;14-13-16-8-5-6-12-10(7-8)9-3-1-2-4-11(9)15-12;14-13-16-8-5-6-10-9-3-1-2-4-11(9)15-12(10)7-8;14-13-15-9-5-3-7-11-12(9)8-4-1-2-6-10(8)16-11;14-13-15-8-5-6-12-10(7-8)9-3-1-2-4-11(9)16-12;14-13-15-8-5-6-10-9-3-1-2-4-11(9)16-12(10)7-8/h1-7,14-15H;6*1-7,14H. The Kier molecular flexibility index (Phi) is 23.7. The molecule has 18 nitrogen and oxygen atoms in total. The number of hydrogen-bond acceptors (Lipinski definition) is 21. The molecule has 28 heteroatoms. The molecule has 0 bridgehead atoms. The molecule has 7 heterocycles. The summed E-state index contributed by atoms with van der Waals surface area (Å²) in [5.74, 6) is 3.72. The Bertz CT molecular complexity index is 6460. The van der Waals surface area contributed by atoms with Crippen LogP contribution >= 0.6 is 34.0 Å². The van der Waals surface area contributed by atoms with Crippen LogP contribution in [0.4, 0.5) is 0 Å². The molecule has 21 rings (SSSR count). The number of para-hydroxylation sites is 5. The smallest absolute Gasteiger partial charge is 0.537 e. The lowest BCUT2D eigenvalue weighted by Crippen LogP contribution is -2.29. The maximum absolute atomic E-state index is 9.24. The first kappa shape index (κ1) is 75.3. The summed E-state index contributed by atoms with van der Waals surface area (Å²) in [5, 5.41) is 85.3. The van der Waals surface area contributed by atoms with E-state index in [2.05, 4.69) is 42.5 Å². The lowest BCUT2D eigenvalue weighted by Gasteiger charge is -2.03. The molecule has 112 heavy (non-hydrogen) atoms. The largest absolute Gasteiger partial charge is 0.569 e. The first-order valence-corrected chi connectivity index (χ1v) is 37.0. The van der Waals surface area contributed by atoms with E-state index < -0.39 is 7.12 Å². The van der Waals surface area contributed by atoms with Crippen molar-refractivity contribution in [3.8, 4) is 34.5 Å². The molecule has 0 aliphatic heterocycles. The SMILES string of the molecule is OB(O)c1cccc2c1oc1ccccc12.O[B]Oc1ccc2c(c1)oc1ccccc12.O[B]Oc1ccc2c(c1)sc1ccccc12.O[B]Oc1ccc2oc3ccccc3c2c1.O[B]Oc1ccc2sc3ccccc3c2c1.O[B]Oc1cccc2oc3ccccc3c12.O[B]Oc1cccc2sc3ccccc3c12. The Morgan fingerprint density at radius 2 is 0.589 bits per heavy atom. The summed E-state index contributed by atoms with van der Waals surface area (Å²) in [5.41, 5.74) is 6.52. The van der Waals surface area contributed by atoms with Gasteiger partial charge in [0.25, 0.3) is 0 Å². The normalized spacial score (nSPS) is 10.9. The molecule has 0 aliphatic carbocycles. The van der Waals surface area contributed by atoms with Crippen LogP contribution in [0.25, 0.3) is 148 Å². The molecule has 0 spiro atoms. The van der Waals surface area contributed by atoms with Crippen LogP contribution in [-0.2, 0) is 0 Å². The van der Waals surface area contributed by atoms with Gasteiger partial charge in [0.05, 0.1) is 5.39 Å².